The van der Waals surface area contributed by atoms with Crippen molar-refractivity contribution in [2.45, 2.75) is 18.6 Å². The summed E-state index contributed by atoms with van der Waals surface area (Å²) in [5, 5.41) is 1.14. The van der Waals surface area contributed by atoms with Crippen molar-refractivity contribution in [3.8, 4) is 0 Å². The summed E-state index contributed by atoms with van der Waals surface area (Å²) in [6, 6.07) is 7.29. The number of aromatic nitrogens is 1. The number of nitrogens with zero attached hydrogens (tertiary/aromatic N) is 1. The molecule has 1 aromatic carbocycles. The maximum Gasteiger partial charge on any atom is 0.236 e. The van der Waals surface area contributed by atoms with Crippen LogP contribution in [0.2, 0.25) is 0 Å². The number of rotatable bonds is 5. The van der Waals surface area contributed by atoms with E-state index in [1.165, 1.54) is 0 Å². The summed E-state index contributed by atoms with van der Waals surface area (Å²) in [4.78, 5) is 4.03. The van der Waals surface area contributed by atoms with Crippen LogP contribution in [0, 0.1) is 0 Å². The lowest BCUT2D eigenvalue weighted by Crippen LogP contribution is -2.33. The Labute approximate surface area is 112 Å². The van der Waals surface area contributed by atoms with E-state index in [9.17, 15) is 8.42 Å². The van der Waals surface area contributed by atoms with E-state index in [0.29, 0.717) is 12.1 Å². The van der Waals surface area contributed by atoms with Crippen molar-refractivity contribution in [1.29, 1.82) is 0 Å². The van der Waals surface area contributed by atoms with Gasteiger partial charge in [-0.25, -0.2) is 8.42 Å². The fourth-order valence-corrected chi connectivity index (χ4v) is 3.30. The van der Waals surface area contributed by atoms with Crippen LogP contribution in [-0.4, -0.2) is 25.2 Å². The Morgan fingerprint density at radius 1 is 1.37 bits per heavy atom. The topological polar surface area (TPSA) is 85.1 Å². The van der Waals surface area contributed by atoms with Crippen molar-refractivity contribution in [2.24, 2.45) is 5.73 Å². The lowest BCUT2D eigenvalue weighted by Gasteiger charge is -2.16. The molecule has 1 heterocycles. The zero-order valence-corrected chi connectivity index (χ0v) is 11.5. The average molecular weight is 279 g/mol. The standard InChI is InChI=1S/C13H17N3O2S/c1-2-11(8-14)19(17,18)16-13-5-3-4-10-6-7-15-9-12(10)13/h3-7,9,11,16H,2,8,14H2,1H3. The Bertz CT molecular complexity index is 661. The molecule has 1 unspecified atom stereocenters. The van der Waals surface area contributed by atoms with Gasteiger partial charge in [-0.15, -0.1) is 0 Å². The molecule has 0 fully saturated rings. The second-order valence-corrected chi connectivity index (χ2v) is 6.28. The van der Waals surface area contributed by atoms with Crippen molar-refractivity contribution >= 4 is 26.5 Å². The summed E-state index contributed by atoms with van der Waals surface area (Å²) in [7, 11) is -3.47. The number of nitrogens with two attached hydrogens (primary N) is 1. The number of hydrogen-bond donors (Lipinski definition) is 2. The number of nitrogens with one attached hydrogen (secondary N) is 1. The second kappa shape index (κ2) is 5.54. The van der Waals surface area contributed by atoms with Gasteiger partial charge in [0.05, 0.1) is 10.9 Å². The fourth-order valence-electron chi connectivity index (χ4n) is 1.95. The highest BCUT2D eigenvalue weighted by Crippen LogP contribution is 2.24. The largest absolute Gasteiger partial charge is 0.329 e. The van der Waals surface area contributed by atoms with Gasteiger partial charge in [-0.1, -0.05) is 19.1 Å². The average Bonchev–Trinajstić information content (AvgIpc) is 2.40. The molecule has 0 spiro atoms. The predicted octanol–water partition coefficient (Wildman–Crippen LogP) is 1.71. The van der Waals surface area contributed by atoms with Crippen LogP contribution in [0.5, 0.6) is 0 Å². The van der Waals surface area contributed by atoms with E-state index < -0.39 is 15.3 Å². The zero-order valence-electron chi connectivity index (χ0n) is 10.7. The van der Waals surface area contributed by atoms with Gasteiger partial charge in [0.25, 0.3) is 0 Å². The van der Waals surface area contributed by atoms with Gasteiger partial charge in [-0.05, 0) is 23.9 Å². The molecule has 102 valence electrons. The van der Waals surface area contributed by atoms with Crippen molar-refractivity contribution in [3.63, 3.8) is 0 Å². The molecule has 3 N–H and O–H groups in total. The zero-order chi connectivity index (χ0) is 13.9. The van der Waals surface area contributed by atoms with Crippen LogP contribution in [-0.2, 0) is 10.0 Å². The minimum Gasteiger partial charge on any atom is -0.329 e. The minimum atomic E-state index is -3.47. The van der Waals surface area contributed by atoms with Crippen LogP contribution in [0.15, 0.2) is 36.7 Å². The molecule has 0 saturated heterocycles. The first kappa shape index (κ1) is 13.8. The number of fused-ring (bicyclic) bond motifs is 1. The Hall–Kier alpha value is -1.66. The van der Waals surface area contributed by atoms with Crippen molar-refractivity contribution in [1.82, 2.24) is 4.98 Å². The van der Waals surface area contributed by atoms with Gasteiger partial charge in [-0.3, -0.25) is 9.71 Å². The molecular weight excluding hydrogens is 262 g/mol. The fraction of sp³-hybridized carbons (Fsp3) is 0.308. The smallest absolute Gasteiger partial charge is 0.236 e. The maximum atomic E-state index is 12.2. The van der Waals surface area contributed by atoms with Crippen LogP contribution < -0.4 is 10.5 Å². The highest BCUT2D eigenvalue weighted by Gasteiger charge is 2.22. The lowest BCUT2D eigenvalue weighted by molar-refractivity contribution is 0.581. The molecule has 1 atom stereocenters. The molecule has 2 aromatic rings. The number of sulfonamides is 1. The van der Waals surface area contributed by atoms with Crippen LogP contribution in [0.4, 0.5) is 5.69 Å². The third-order valence-electron chi connectivity index (χ3n) is 3.09. The van der Waals surface area contributed by atoms with E-state index in [4.69, 9.17) is 5.73 Å². The van der Waals surface area contributed by atoms with Crippen LogP contribution in [0.3, 0.4) is 0 Å². The molecule has 6 heteroatoms. The Kier molecular flexibility index (Phi) is 4.01. The summed E-state index contributed by atoms with van der Waals surface area (Å²) in [5.41, 5.74) is 6.04. The highest BCUT2D eigenvalue weighted by atomic mass is 32.2. The van der Waals surface area contributed by atoms with E-state index >= 15 is 0 Å². The monoisotopic (exact) mass is 279 g/mol. The molecule has 0 aliphatic carbocycles. The third-order valence-corrected chi connectivity index (χ3v) is 5.00. The molecule has 19 heavy (non-hydrogen) atoms. The van der Waals surface area contributed by atoms with E-state index in [-0.39, 0.29) is 6.54 Å². The van der Waals surface area contributed by atoms with Gasteiger partial charge in [0.1, 0.15) is 0 Å². The molecule has 0 bridgehead atoms. The molecule has 2 rings (SSSR count). The molecular formula is C13H17N3O2S. The molecule has 0 amide bonds. The van der Waals surface area contributed by atoms with E-state index in [1.807, 2.05) is 18.2 Å². The lowest BCUT2D eigenvalue weighted by atomic mass is 10.1. The summed E-state index contributed by atoms with van der Waals surface area (Å²) < 4.78 is 27.0. The molecule has 0 aliphatic rings. The van der Waals surface area contributed by atoms with E-state index in [0.717, 1.165) is 10.8 Å². The SMILES string of the molecule is CCC(CN)S(=O)(=O)Nc1cccc2ccncc12. The van der Waals surface area contributed by atoms with Crippen LogP contribution in [0.25, 0.3) is 10.8 Å². The maximum absolute atomic E-state index is 12.2. The van der Waals surface area contributed by atoms with Gasteiger partial charge in [0.2, 0.25) is 10.0 Å². The van der Waals surface area contributed by atoms with Gasteiger partial charge in [0, 0.05) is 24.3 Å². The Morgan fingerprint density at radius 3 is 2.84 bits per heavy atom. The molecule has 5 nitrogen and oxygen atoms in total. The summed E-state index contributed by atoms with van der Waals surface area (Å²) in [6.07, 6.45) is 3.81. The number of anilines is 1. The number of hydrogen-bond acceptors (Lipinski definition) is 4. The Morgan fingerprint density at radius 2 is 2.16 bits per heavy atom. The first-order valence-corrected chi connectivity index (χ1v) is 7.67. The van der Waals surface area contributed by atoms with Crippen molar-refractivity contribution in [2.75, 3.05) is 11.3 Å². The molecule has 0 saturated carbocycles. The summed E-state index contributed by atoms with van der Waals surface area (Å²) in [6.45, 7) is 1.91. The van der Waals surface area contributed by atoms with Crippen LogP contribution >= 0.6 is 0 Å². The third kappa shape index (κ3) is 2.85. The number of pyridine rings is 1. The normalized spacial score (nSPS) is 13.4. The van der Waals surface area contributed by atoms with Gasteiger partial charge in [0.15, 0.2) is 0 Å². The van der Waals surface area contributed by atoms with Gasteiger partial charge < -0.3 is 5.73 Å². The van der Waals surface area contributed by atoms with E-state index in [2.05, 4.69) is 9.71 Å². The first-order valence-electron chi connectivity index (χ1n) is 6.13. The summed E-state index contributed by atoms with van der Waals surface area (Å²) >= 11 is 0. The van der Waals surface area contributed by atoms with Crippen molar-refractivity contribution in [3.05, 3.63) is 36.7 Å². The number of benzene rings is 1. The predicted molar refractivity (Wildman–Crippen MR) is 77.4 cm³/mol. The first-order chi connectivity index (χ1) is 9.08. The van der Waals surface area contributed by atoms with E-state index in [1.54, 1.807) is 25.4 Å². The van der Waals surface area contributed by atoms with Gasteiger partial charge in [-0.2, -0.15) is 0 Å². The Balaban J connectivity index is 2.41. The molecule has 0 aliphatic heterocycles. The van der Waals surface area contributed by atoms with Gasteiger partial charge >= 0.3 is 0 Å². The molecule has 1 aromatic heterocycles. The molecule has 0 radical (unpaired) electrons. The highest BCUT2D eigenvalue weighted by molar-refractivity contribution is 7.93. The second-order valence-electron chi connectivity index (χ2n) is 4.32. The summed E-state index contributed by atoms with van der Waals surface area (Å²) in [5.74, 6) is 0. The minimum absolute atomic E-state index is 0.106. The quantitative estimate of drug-likeness (QED) is 0.872. The van der Waals surface area contributed by atoms with Crippen LogP contribution in [0.1, 0.15) is 13.3 Å². The van der Waals surface area contributed by atoms with Crippen molar-refractivity contribution < 1.29 is 8.42 Å².